The van der Waals surface area contributed by atoms with Crippen LogP contribution in [0.3, 0.4) is 0 Å². The van der Waals surface area contributed by atoms with Crippen molar-refractivity contribution in [2.75, 3.05) is 23.8 Å². The third-order valence-electron chi connectivity index (χ3n) is 3.47. The zero-order valence-electron chi connectivity index (χ0n) is 11.6. The van der Waals surface area contributed by atoms with Gasteiger partial charge in [0, 0.05) is 17.9 Å². The average Bonchev–Trinajstić information content (AvgIpc) is 2.83. The van der Waals surface area contributed by atoms with E-state index in [4.69, 9.17) is 10.5 Å². The van der Waals surface area contributed by atoms with E-state index in [-0.39, 0.29) is 17.9 Å². The Bertz CT molecular complexity index is 430. The summed E-state index contributed by atoms with van der Waals surface area (Å²) in [6.45, 7) is 5.36. The Balaban J connectivity index is 2.15. The molecule has 0 aromatic heterocycles. The highest BCUT2D eigenvalue weighted by Gasteiger charge is 2.31. The lowest BCUT2D eigenvalue weighted by Crippen LogP contribution is -2.37. The summed E-state index contributed by atoms with van der Waals surface area (Å²) in [5.41, 5.74) is 7.32. The molecule has 2 rings (SSSR count). The van der Waals surface area contributed by atoms with Gasteiger partial charge in [-0.05, 0) is 44.0 Å². The molecule has 0 spiro atoms. The maximum Gasteiger partial charge on any atom is 0.232 e. The molecule has 0 bridgehead atoms. The van der Waals surface area contributed by atoms with E-state index in [0.29, 0.717) is 12.3 Å². The molecule has 1 aromatic carbocycles. The van der Waals surface area contributed by atoms with Crippen molar-refractivity contribution in [2.45, 2.75) is 32.8 Å². The Morgan fingerprint density at radius 2 is 2.11 bits per heavy atom. The number of nitrogen functional groups attached to an aromatic ring is 1. The van der Waals surface area contributed by atoms with Gasteiger partial charge in [0.25, 0.3) is 0 Å². The minimum Gasteiger partial charge on any atom is -0.399 e. The Morgan fingerprint density at radius 1 is 1.42 bits per heavy atom. The monoisotopic (exact) mass is 262 g/mol. The number of amides is 1. The summed E-state index contributed by atoms with van der Waals surface area (Å²) in [6, 6.07) is 7.47. The zero-order chi connectivity index (χ0) is 13.8. The highest BCUT2D eigenvalue weighted by Crippen LogP contribution is 2.25. The molecule has 4 nitrogen and oxygen atoms in total. The van der Waals surface area contributed by atoms with Crippen LogP contribution >= 0.6 is 0 Å². The van der Waals surface area contributed by atoms with E-state index in [1.165, 1.54) is 0 Å². The Morgan fingerprint density at radius 3 is 2.63 bits per heavy atom. The van der Waals surface area contributed by atoms with Crippen molar-refractivity contribution in [3.05, 3.63) is 24.3 Å². The van der Waals surface area contributed by atoms with Crippen LogP contribution in [0.4, 0.5) is 11.4 Å². The van der Waals surface area contributed by atoms with Crippen LogP contribution in [-0.2, 0) is 9.53 Å². The first kappa shape index (κ1) is 13.9. The number of carbonyl (C=O) groups excluding carboxylic acids is 1. The molecule has 2 atom stereocenters. The van der Waals surface area contributed by atoms with Gasteiger partial charge in [-0.1, -0.05) is 6.92 Å². The normalized spacial score (nSPS) is 22.4. The van der Waals surface area contributed by atoms with Crippen molar-refractivity contribution in [3.8, 4) is 0 Å². The van der Waals surface area contributed by atoms with Crippen molar-refractivity contribution < 1.29 is 9.53 Å². The Kier molecular flexibility index (Phi) is 4.43. The standard InChI is InChI=1S/C15H22N2O2/c1-3-8-17(14-6-4-13(16)5-7-14)15(18)12-9-11(2)19-10-12/h4-7,11-12H,3,8-10,16H2,1-2H3. The van der Waals surface area contributed by atoms with E-state index in [9.17, 15) is 4.79 Å². The Hall–Kier alpha value is -1.55. The van der Waals surface area contributed by atoms with E-state index in [1.54, 1.807) is 0 Å². The fourth-order valence-electron chi connectivity index (χ4n) is 2.45. The molecule has 1 aliphatic rings. The number of ether oxygens (including phenoxy) is 1. The predicted octanol–water partition coefficient (Wildman–Crippen LogP) is 2.44. The molecule has 2 unspecified atom stereocenters. The lowest BCUT2D eigenvalue weighted by Gasteiger charge is -2.25. The third-order valence-corrected chi connectivity index (χ3v) is 3.47. The van der Waals surface area contributed by atoms with Crippen LogP contribution in [0.15, 0.2) is 24.3 Å². The number of rotatable bonds is 4. The molecule has 1 saturated heterocycles. The number of hydrogen-bond donors (Lipinski definition) is 1. The number of anilines is 2. The van der Waals surface area contributed by atoms with Crippen LogP contribution in [0.5, 0.6) is 0 Å². The van der Waals surface area contributed by atoms with Crippen LogP contribution in [0, 0.1) is 5.92 Å². The minimum atomic E-state index is -0.0147. The van der Waals surface area contributed by atoms with Crippen LogP contribution < -0.4 is 10.6 Å². The fraction of sp³-hybridized carbons (Fsp3) is 0.533. The summed E-state index contributed by atoms with van der Waals surface area (Å²) in [4.78, 5) is 14.4. The van der Waals surface area contributed by atoms with Gasteiger partial charge in [-0.15, -0.1) is 0 Å². The van der Waals surface area contributed by atoms with E-state index >= 15 is 0 Å². The van der Waals surface area contributed by atoms with Gasteiger partial charge in [0.2, 0.25) is 5.91 Å². The summed E-state index contributed by atoms with van der Waals surface area (Å²) < 4.78 is 5.50. The van der Waals surface area contributed by atoms with E-state index in [1.807, 2.05) is 36.1 Å². The number of hydrogen-bond acceptors (Lipinski definition) is 3. The third kappa shape index (κ3) is 3.26. The molecule has 2 N–H and O–H groups in total. The smallest absolute Gasteiger partial charge is 0.232 e. The predicted molar refractivity (Wildman–Crippen MR) is 77.0 cm³/mol. The summed E-state index contributed by atoms with van der Waals surface area (Å²) >= 11 is 0. The molecule has 0 saturated carbocycles. The van der Waals surface area contributed by atoms with Crippen molar-refractivity contribution in [1.29, 1.82) is 0 Å². The molecular weight excluding hydrogens is 240 g/mol. The maximum atomic E-state index is 12.6. The molecule has 1 fully saturated rings. The molecule has 1 aliphatic heterocycles. The quantitative estimate of drug-likeness (QED) is 0.848. The highest BCUT2D eigenvalue weighted by molar-refractivity contribution is 5.95. The van der Waals surface area contributed by atoms with Crippen molar-refractivity contribution in [2.24, 2.45) is 5.92 Å². The topological polar surface area (TPSA) is 55.6 Å². The van der Waals surface area contributed by atoms with Gasteiger partial charge >= 0.3 is 0 Å². The van der Waals surface area contributed by atoms with Crippen molar-refractivity contribution >= 4 is 17.3 Å². The first-order valence-electron chi connectivity index (χ1n) is 6.90. The number of nitrogens with zero attached hydrogens (tertiary/aromatic N) is 1. The lowest BCUT2D eigenvalue weighted by molar-refractivity contribution is -0.122. The molecule has 0 radical (unpaired) electrons. The second kappa shape index (κ2) is 6.06. The van der Waals surface area contributed by atoms with Gasteiger partial charge in [0.1, 0.15) is 0 Å². The zero-order valence-corrected chi connectivity index (χ0v) is 11.6. The van der Waals surface area contributed by atoms with Gasteiger partial charge in [-0.3, -0.25) is 4.79 Å². The molecular formula is C15H22N2O2. The molecule has 4 heteroatoms. The largest absolute Gasteiger partial charge is 0.399 e. The number of carbonyl (C=O) groups is 1. The minimum absolute atomic E-state index is 0.0147. The molecule has 1 heterocycles. The van der Waals surface area contributed by atoms with E-state index in [0.717, 1.165) is 25.1 Å². The summed E-state index contributed by atoms with van der Waals surface area (Å²) in [5, 5.41) is 0. The van der Waals surface area contributed by atoms with E-state index < -0.39 is 0 Å². The summed E-state index contributed by atoms with van der Waals surface area (Å²) in [5.74, 6) is 0.148. The van der Waals surface area contributed by atoms with Gasteiger partial charge in [0.15, 0.2) is 0 Å². The van der Waals surface area contributed by atoms with Crippen molar-refractivity contribution in [3.63, 3.8) is 0 Å². The molecule has 104 valence electrons. The van der Waals surface area contributed by atoms with Crippen LogP contribution in [-0.4, -0.2) is 25.2 Å². The first-order valence-corrected chi connectivity index (χ1v) is 6.90. The van der Waals surface area contributed by atoms with Crippen molar-refractivity contribution in [1.82, 2.24) is 0 Å². The second-order valence-corrected chi connectivity index (χ2v) is 5.16. The fourth-order valence-corrected chi connectivity index (χ4v) is 2.45. The molecule has 1 aromatic rings. The van der Waals surface area contributed by atoms with Gasteiger partial charge < -0.3 is 15.4 Å². The summed E-state index contributed by atoms with van der Waals surface area (Å²) in [7, 11) is 0. The SMILES string of the molecule is CCCN(C(=O)C1COC(C)C1)c1ccc(N)cc1. The first-order chi connectivity index (χ1) is 9.11. The molecule has 0 aliphatic carbocycles. The number of benzene rings is 1. The lowest BCUT2D eigenvalue weighted by atomic mass is 10.0. The van der Waals surface area contributed by atoms with Crippen LogP contribution in [0.2, 0.25) is 0 Å². The Labute approximate surface area is 114 Å². The highest BCUT2D eigenvalue weighted by atomic mass is 16.5. The molecule has 19 heavy (non-hydrogen) atoms. The molecule has 1 amide bonds. The second-order valence-electron chi connectivity index (χ2n) is 5.16. The average molecular weight is 262 g/mol. The maximum absolute atomic E-state index is 12.6. The van der Waals surface area contributed by atoms with Gasteiger partial charge in [-0.25, -0.2) is 0 Å². The van der Waals surface area contributed by atoms with Crippen LogP contribution in [0.25, 0.3) is 0 Å². The van der Waals surface area contributed by atoms with Gasteiger partial charge in [0.05, 0.1) is 18.6 Å². The number of nitrogens with two attached hydrogens (primary N) is 1. The van der Waals surface area contributed by atoms with E-state index in [2.05, 4.69) is 6.92 Å². The van der Waals surface area contributed by atoms with Gasteiger partial charge in [-0.2, -0.15) is 0 Å². The van der Waals surface area contributed by atoms with Crippen LogP contribution in [0.1, 0.15) is 26.7 Å². The summed E-state index contributed by atoms with van der Waals surface area (Å²) in [6.07, 6.45) is 1.93.